The van der Waals surface area contributed by atoms with Gasteiger partial charge in [-0.15, -0.1) is 0 Å². The van der Waals surface area contributed by atoms with Gasteiger partial charge in [0.25, 0.3) is 11.1 Å². The Morgan fingerprint density at radius 2 is 1.82 bits per heavy atom. The van der Waals surface area contributed by atoms with E-state index in [9.17, 15) is 14.4 Å². The first-order valence-electron chi connectivity index (χ1n) is 12.5. The second-order valence-corrected chi connectivity index (χ2v) is 11.6. The van der Waals surface area contributed by atoms with Crippen LogP contribution in [-0.4, -0.2) is 47.1 Å². The van der Waals surface area contributed by atoms with Gasteiger partial charge in [0.1, 0.15) is 13.2 Å². The molecule has 2 heterocycles. The number of hydrogen-bond acceptors (Lipinski definition) is 6. The molecule has 0 aliphatic carbocycles. The van der Waals surface area contributed by atoms with E-state index in [0.29, 0.717) is 36.8 Å². The first-order chi connectivity index (χ1) is 18.8. The molecule has 0 atom stereocenters. The largest absolute Gasteiger partial charge is 0.493 e. The van der Waals surface area contributed by atoms with Crippen molar-refractivity contribution >= 4 is 57.5 Å². The van der Waals surface area contributed by atoms with Crippen molar-refractivity contribution in [2.24, 2.45) is 0 Å². The molecule has 0 bridgehead atoms. The van der Waals surface area contributed by atoms with Gasteiger partial charge in [0.05, 0.1) is 15.6 Å². The molecule has 3 aromatic rings. The van der Waals surface area contributed by atoms with Crippen molar-refractivity contribution in [3.05, 3.63) is 97.0 Å². The zero-order valence-electron chi connectivity index (χ0n) is 21.6. The minimum Gasteiger partial charge on any atom is -0.493 e. The fraction of sp³-hybridized carbons (Fsp3) is 0.233. The molecule has 39 heavy (non-hydrogen) atoms. The minimum atomic E-state index is -0.468. The number of methoxy groups -OCH3 is 1. The summed E-state index contributed by atoms with van der Waals surface area (Å²) in [5, 5.41) is -0.447. The van der Waals surface area contributed by atoms with Crippen molar-refractivity contribution in [3.8, 4) is 11.5 Å². The van der Waals surface area contributed by atoms with Gasteiger partial charge in [-0.3, -0.25) is 19.3 Å². The van der Waals surface area contributed by atoms with Crippen molar-refractivity contribution in [1.82, 2.24) is 9.80 Å². The molecule has 9 heteroatoms. The number of halogens is 1. The maximum Gasteiger partial charge on any atom is 0.294 e. The van der Waals surface area contributed by atoms with Crippen LogP contribution in [0.15, 0.2) is 65.6 Å². The molecule has 1 fully saturated rings. The number of carbonyl (C=O) groups excluding carboxylic acids is 3. The molecule has 7 nitrogen and oxygen atoms in total. The third-order valence-electron chi connectivity index (χ3n) is 6.70. The molecule has 2 aliphatic rings. The number of amides is 3. The summed E-state index contributed by atoms with van der Waals surface area (Å²) in [7, 11) is 1.56. The Morgan fingerprint density at radius 3 is 2.56 bits per heavy atom. The number of fused-ring (bicyclic) bond motifs is 1. The number of carbonyl (C=O) groups is 3. The molecule has 0 unspecified atom stereocenters. The van der Waals surface area contributed by atoms with E-state index in [2.05, 4.69) is 28.7 Å². The number of imide groups is 1. The lowest BCUT2D eigenvalue weighted by Gasteiger charge is -2.29. The zero-order valence-corrected chi connectivity index (χ0v) is 24.6. The molecular weight excluding hydrogens is 627 g/mol. The van der Waals surface area contributed by atoms with Gasteiger partial charge in [-0.1, -0.05) is 54.1 Å². The van der Waals surface area contributed by atoms with E-state index in [4.69, 9.17) is 9.47 Å². The molecule has 3 aromatic carbocycles. The van der Waals surface area contributed by atoms with Gasteiger partial charge in [-0.25, -0.2) is 0 Å². The third-order valence-corrected chi connectivity index (χ3v) is 8.41. The summed E-state index contributed by atoms with van der Waals surface area (Å²) in [5.41, 5.74) is 5.25. The number of thioether (sulfide) groups is 1. The molecular formula is C30H27IN2O5S. The number of benzene rings is 3. The summed E-state index contributed by atoms with van der Waals surface area (Å²) < 4.78 is 12.4. The van der Waals surface area contributed by atoms with Crippen LogP contribution in [0.3, 0.4) is 0 Å². The Morgan fingerprint density at radius 1 is 1.08 bits per heavy atom. The van der Waals surface area contributed by atoms with Crippen molar-refractivity contribution < 1.29 is 23.9 Å². The maximum absolute atomic E-state index is 13.1. The number of hydrogen-bond donors (Lipinski definition) is 0. The van der Waals surface area contributed by atoms with Crippen LogP contribution in [0.2, 0.25) is 0 Å². The van der Waals surface area contributed by atoms with Crippen LogP contribution in [0.25, 0.3) is 6.08 Å². The predicted molar refractivity (Wildman–Crippen MR) is 159 cm³/mol. The normalized spacial score (nSPS) is 16.0. The quantitative estimate of drug-likeness (QED) is 0.237. The second-order valence-electron chi connectivity index (χ2n) is 9.41. The van der Waals surface area contributed by atoms with Crippen LogP contribution in [-0.2, 0) is 29.2 Å². The zero-order chi connectivity index (χ0) is 27.5. The lowest BCUT2D eigenvalue weighted by molar-refractivity contribution is -0.136. The Hall–Kier alpha value is -3.31. The number of aryl methyl sites for hydroxylation is 1. The Labute approximate surface area is 245 Å². The highest BCUT2D eigenvalue weighted by Gasteiger charge is 2.37. The van der Waals surface area contributed by atoms with E-state index in [1.54, 1.807) is 24.2 Å². The molecule has 0 aromatic heterocycles. The second kappa shape index (κ2) is 11.8. The molecule has 0 saturated carbocycles. The lowest BCUT2D eigenvalue weighted by atomic mass is 10.00. The average molecular weight is 655 g/mol. The van der Waals surface area contributed by atoms with Gasteiger partial charge in [0.2, 0.25) is 5.91 Å². The van der Waals surface area contributed by atoms with Crippen molar-refractivity contribution in [2.75, 3.05) is 20.2 Å². The van der Waals surface area contributed by atoms with E-state index in [1.165, 1.54) is 11.1 Å². The van der Waals surface area contributed by atoms with E-state index >= 15 is 0 Å². The summed E-state index contributed by atoms with van der Waals surface area (Å²) in [5.74, 6) is 0.432. The molecule has 2 aliphatic heterocycles. The fourth-order valence-electron chi connectivity index (χ4n) is 4.53. The van der Waals surface area contributed by atoms with Crippen molar-refractivity contribution in [3.63, 3.8) is 0 Å². The number of ether oxygens (including phenoxy) is 2. The molecule has 1 saturated heterocycles. The van der Waals surface area contributed by atoms with Gasteiger partial charge in [-0.05, 0) is 88.2 Å². The predicted octanol–water partition coefficient (Wildman–Crippen LogP) is 5.81. The molecule has 3 amide bonds. The number of rotatable bonds is 7. The summed E-state index contributed by atoms with van der Waals surface area (Å²) in [6.45, 7) is 3.21. The van der Waals surface area contributed by atoms with Gasteiger partial charge in [0, 0.05) is 13.1 Å². The molecule has 5 rings (SSSR count). The maximum atomic E-state index is 13.1. The Bertz CT molecular complexity index is 1470. The Kier molecular flexibility index (Phi) is 8.27. The fourth-order valence-corrected chi connectivity index (χ4v) is 6.15. The van der Waals surface area contributed by atoms with E-state index in [1.807, 2.05) is 55.5 Å². The van der Waals surface area contributed by atoms with Gasteiger partial charge < -0.3 is 14.4 Å². The first-order valence-corrected chi connectivity index (χ1v) is 14.4. The van der Waals surface area contributed by atoms with Crippen LogP contribution in [0.4, 0.5) is 4.79 Å². The Balaban J connectivity index is 1.27. The van der Waals surface area contributed by atoms with E-state index < -0.39 is 11.1 Å². The first kappa shape index (κ1) is 27.3. The summed E-state index contributed by atoms with van der Waals surface area (Å²) in [6, 6.07) is 19.8. The smallest absolute Gasteiger partial charge is 0.294 e. The van der Waals surface area contributed by atoms with Crippen LogP contribution < -0.4 is 9.47 Å². The highest BCUT2D eigenvalue weighted by atomic mass is 127. The van der Waals surface area contributed by atoms with Crippen LogP contribution in [0.1, 0.15) is 27.8 Å². The van der Waals surface area contributed by atoms with E-state index in [0.717, 1.165) is 37.8 Å². The van der Waals surface area contributed by atoms with Gasteiger partial charge in [-0.2, -0.15) is 0 Å². The average Bonchev–Trinajstić information content (AvgIpc) is 3.19. The molecule has 0 radical (unpaired) electrons. The monoisotopic (exact) mass is 654 g/mol. The van der Waals surface area contributed by atoms with Crippen molar-refractivity contribution in [2.45, 2.75) is 26.5 Å². The number of nitrogens with zero attached hydrogens (tertiary/aromatic N) is 2. The van der Waals surface area contributed by atoms with Gasteiger partial charge in [0.15, 0.2) is 11.5 Å². The molecule has 0 spiro atoms. The van der Waals surface area contributed by atoms with Gasteiger partial charge >= 0.3 is 0 Å². The highest BCUT2D eigenvalue weighted by Crippen LogP contribution is 2.37. The van der Waals surface area contributed by atoms with Crippen molar-refractivity contribution in [1.29, 1.82) is 0 Å². The third kappa shape index (κ3) is 6.14. The summed E-state index contributed by atoms with van der Waals surface area (Å²) >= 11 is 3.01. The van der Waals surface area contributed by atoms with E-state index in [-0.39, 0.29) is 17.4 Å². The van der Waals surface area contributed by atoms with Crippen LogP contribution in [0, 0.1) is 10.5 Å². The molecule has 200 valence electrons. The van der Waals surface area contributed by atoms with Crippen LogP contribution in [0.5, 0.6) is 11.5 Å². The standard InChI is InChI=1S/C30H27IN2O5S/c1-19-7-9-20(10-8-19)18-38-28-24(31)13-21(14-25(28)37-2)15-26-29(35)33(30(36)39-26)17-27(34)32-12-11-22-5-3-4-6-23(22)16-32/h3-10,13-15H,11-12,16-18H2,1-2H3/b26-15-. The molecule has 0 N–H and O–H groups in total. The lowest BCUT2D eigenvalue weighted by Crippen LogP contribution is -2.44. The topological polar surface area (TPSA) is 76.2 Å². The van der Waals surface area contributed by atoms with Crippen LogP contribution >= 0.6 is 34.4 Å². The highest BCUT2D eigenvalue weighted by molar-refractivity contribution is 14.1. The summed E-state index contributed by atoms with van der Waals surface area (Å²) in [6.07, 6.45) is 2.41. The summed E-state index contributed by atoms with van der Waals surface area (Å²) in [4.78, 5) is 41.8. The SMILES string of the molecule is COc1cc(/C=C2\SC(=O)N(CC(=O)N3CCc4ccccc4C3)C2=O)cc(I)c1OCc1ccc(C)cc1. The minimum absolute atomic E-state index is 0.237.